The van der Waals surface area contributed by atoms with Crippen LogP contribution in [0.3, 0.4) is 0 Å². The number of carbonyl (C=O) groups excluding carboxylic acids is 1. The van der Waals surface area contributed by atoms with E-state index >= 15 is 0 Å². The third-order valence-corrected chi connectivity index (χ3v) is 7.02. The average Bonchev–Trinajstić information content (AvgIpc) is 2.87. The molecule has 0 fully saturated rings. The predicted octanol–water partition coefficient (Wildman–Crippen LogP) is 8.07. The summed E-state index contributed by atoms with van der Waals surface area (Å²) in [4.78, 5) is 12.6. The Morgan fingerprint density at radius 3 is 2.50 bits per heavy atom. The summed E-state index contributed by atoms with van der Waals surface area (Å²) in [6.45, 7) is 12.5. The molecule has 0 aromatic heterocycles. The number of esters is 1. The zero-order valence-corrected chi connectivity index (χ0v) is 21.1. The highest BCUT2D eigenvalue weighted by Crippen LogP contribution is 2.49. The van der Waals surface area contributed by atoms with Gasteiger partial charge in [0.2, 0.25) is 0 Å². The van der Waals surface area contributed by atoms with Gasteiger partial charge in [-0.15, -0.1) is 0 Å². The average molecular weight is 435 g/mol. The van der Waals surface area contributed by atoms with E-state index in [9.17, 15) is 4.79 Å². The van der Waals surface area contributed by atoms with E-state index in [1.165, 1.54) is 47.1 Å². The van der Waals surface area contributed by atoms with Crippen molar-refractivity contribution in [3.05, 3.63) is 70.3 Å². The van der Waals surface area contributed by atoms with Gasteiger partial charge >= 0.3 is 5.97 Å². The Labute approximate surface area is 195 Å². The maximum atomic E-state index is 12.6. The van der Waals surface area contributed by atoms with Gasteiger partial charge in [-0.1, -0.05) is 73.4 Å². The lowest BCUT2D eigenvalue weighted by molar-refractivity contribution is -0.155. The molecule has 2 aromatic rings. The van der Waals surface area contributed by atoms with Crippen LogP contribution in [-0.2, 0) is 16.0 Å². The van der Waals surface area contributed by atoms with Crippen LogP contribution in [0.2, 0.25) is 0 Å². The zero-order chi connectivity index (χ0) is 23.4. The monoisotopic (exact) mass is 434 g/mol. The quantitative estimate of drug-likeness (QED) is 0.325. The van der Waals surface area contributed by atoms with Crippen LogP contribution in [0.4, 0.5) is 0 Å². The summed E-state index contributed by atoms with van der Waals surface area (Å²) in [5.41, 5.74) is 6.78. The molecule has 1 aliphatic carbocycles. The number of ether oxygens (including phenoxy) is 1. The van der Waals surface area contributed by atoms with Gasteiger partial charge in [0.05, 0.1) is 0 Å². The van der Waals surface area contributed by atoms with Crippen LogP contribution < -0.4 is 0 Å². The third-order valence-electron chi connectivity index (χ3n) is 7.02. The Morgan fingerprint density at radius 2 is 1.81 bits per heavy atom. The molecule has 0 bridgehead atoms. The minimum absolute atomic E-state index is 0.0573. The van der Waals surface area contributed by atoms with Crippen molar-refractivity contribution < 1.29 is 9.53 Å². The Balaban J connectivity index is 1.96. The Bertz CT molecular complexity index is 921. The van der Waals surface area contributed by atoms with E-state index in [0.717, 1.165) is 25.7 Å². The lowest BCUT2D eigenvalue weighted by Gasteiger charge is -2.36. The number of carbonyl (C=O) groups is 1. The van der Waals surface area contributed by atoms with E-state index < -0.39 is 5.60 Å². The normalized spacial score (nSPS) is 21.0. The molecule has 174 valence electrons. The second-order valence-electron chi connectivity index (χ2n) is 11.1. The summed E-state index contributed by atoms with van der Waals surface area (Å²) in [5.74, 6) is 0.321. The smallest absolute Gasteiger partial charge is 0.306 e. The summed E-state index contributed by atoms with van der Waals surface area (Å²) in [7, 11) is 0. The van der Waals surface area contributed by atoms with Crippen molar-refractivity contribution in [3.8, 4) is 0 Å². The minimum atomic E-state index is -0.422. The predicted molar refractivity (Wildman–Crippen MR) is 134 cm³/mol. The third kappa shape index (κ3) is 6.47. The number of benzene rings is 2. The van der Waals surface area contributed by atoms with Gasteiger partial charge < -0.3 is 4.74 Å². The molecule has 1 aliphatic rings. The van der Waals surface area contributed by atoms with E-state index in [2.05, 4.69) is 63.2 Å². The number of rotatable bonds is 7. The van der Waals surface area contributed by atoms with E-state index in [1.54, 1.807) is 0 Å². The lowest BCUT2D eigenvalue weighted by atomic mass is 9.69. The SMILES string of the molecule is CCCCC1(CCC(=O)OC(C)(C)C)CCc2cc(C)ccc2C(c2cccc(C)c2)C1. The first-order chi connectivity index (χ1) is 15.1. The van der Waals surface area contributed by atoms with Crippen molar-refractivity contribution in [2.75, 3.05) is 0 Å². The highest BCUT2D eigenvalue weighted by molar-refractivity contribution is 5.69. The van der Waals surface area contributed by atoms with Crippen LogP contribution in [0, 0.1) is 19.3 Å². The summed E-state index contributed by atoms with van der Waals surface area (Å²) < 4.78 is 5.68. The highest BCUT2D eigenvalue weighted by Gasteiger charge is 2.37. The molecule has 0 heterocycles. The van der Waals surface area contributed by atoms with Gasteiger partial charge in [-0.05, 0) is 88.8 Å². The first-order valence-corrected chi connectivity index (χ1v) is 12.5. The van der Waals surface area contributed by atoms with E-state index in [-0.39, 0.29) is 11.4 Å². The molecule has 2 atom stereocenters. The number of aryl methyl sites for hydroxylation is 3. The van der Waals surface area contributed by atoms with Crippen molar-refractivity contribution in [1.82, 2.24) is 0 Å². The fourth-order valence-electron chi connectivity index (χ4n) is 5.41. The molecule has 0 radical (unpaired) electrons. The van der Waals surface area contributed by atoms with E-state index in [0.29, 0.717) is 12.3 Å². The van der Waals surface area contributed by atoms with Crippen molar-refractivity contribution in [1.29, 1.82) is 0 Å². The van der Waals surface area contributed by atoms with Crippen LogP contribution in [0.15, 0.2) is 42.5 Å². The Kier molecular flexibility index (Phi) is 7.85. The van der Waals surface area contributed by atoms with Crippen LogP contribution in [0.5, 0.6) is 0 Å². The lowest BCUT2D eigenvalue weighted by Crippen LogP contribution is -2.28. The molecule has 2 nitrogen and oxygen atoms in total. The van der Waals surface area contributed by atoms with Crippen LogP contribution in [-0.4, -0.2) is 11.6 Å². The van der Waals surface area contributed by atoms with Gasteiger partial charge in [0.15, 0.2) is 0 Å². The fraction of sp³-hybridized carbons (Fsp3) is 0.567. The molecule has 0 spiro atoms. The van der Waals surface area contributed by atoms with Gasteiger partial charge in [-0.2, -0.15) is 0 Å². The van der Waals surface area contributed by atoms with Crippen molar-refractivity contribution in [2.45, 2.75) is 104 Å². The Hall–Kier alpha value is -2.09. The maximum absolute atomic E-state index is 12.6. The molecule has 0 N–H and O–H groups in total. The molecule has 3 rings (SSSR count). The standard InChI is InChI=1S/C30H42O2/c1-7-8-16-30(18-15-28(31)32-29(4,5)6)17-14-25-20-23(3)12-13-26(25)27(21-30)24-11-9-10-22(2)19-24/h9-13,19-20,27H,7-8,14-18,21H2,1-6H3. The molecule has 2 aromatic carbocycles. The summed E-state index contributed by atoms with van der Waals surface area (Å²) >= 11 is 0. The van der Waals surface area contributed by atoms with Gasteiger partial charge in [0.25, 0.3) is 0 Å². The molecule has 0 saturated carbocycles. The van der Waals surface area contributed by atoms with Crippen LogP contribution in [0.1, 0.15) is 106 Å². The van der Waals surface area contributed by atoms with Gasteiger partial charge in [-0.25, -0.2) is 0 Å². The second-order valence-corrected chi connectivity index (χ2v) is 11.1. The van der Waals surface area contributed by atoms with Gasteiger partial charge in [-0.3, -0.25) is 4.79 Å². The van der Waals surface area contributed by atoms with E-state index in [4.69, 9.17) is 4.74 Å². The van der Waals surface area contributed by atoms with Gasteiger partial charge in [0.1, 0.15) is 5.60 Å². The van der Waals surface area contributed by atoms with Crippen molar-refractivity contribution in [3.63, 3.8) is 0 Å². The van der Waals surface area contributed by atoms with Crippen molar-refractivity contribution >= 4 is 5.97 Å². The number of hydrogen-bond acceptors (Lipinski definition) is 2. The topological polar surface area (TPSA) is 26.3 Å². The number of hydrogen-bond donors (Lipinski definition) is 0. The molecule has 2 heteroatoms. The number of fused-ring (bicyclic) bond motifs is 1. The van der Waals surface area contributed by atoms with Crippen LogP contribution >= 0.6 is 0 Å². The maximum Gasteiger partial charge on any atom is 0.306 e. The fourth-order valence-corrected chi connectivity index (χ4v) is 5.41. The molecule has 0 aliphatic heterocycles. The van der Waals surface area contributed by atoms with E-state index in [1.807, 2.05) is 20.8 Å². The molecular formula is C30H42O2. The number of unbranched alkanes of at least 4 members (excludes halogenated alkanes) is 1. The largest absolute Gasteiger partial charge is 0.460 e. The van der Waals surface area contributed by atoms with Crippen molar-refractivity contribution in [2.24, 2.45) is 5.41 Å². The summed E-state index contributed by atoms with van der Waals surface area (Å²) in [6, 6.07) is 16.1. The minimum Gasteiger partial charge on any atom is -0.460 e. The summed E-state index contributed by atoms with van der Waals surface area (Å²) in [5, 5.41) is 0. The Morgan fingerprint density at radius 1 is 1.06 bits per heavy atom. The molecule has 2 unspecified atom stereocenters. The van der Waals surface area contributed by atoms with Crippen LogP contribution in [0.25, 0.3) is 0 Å². The summed E-state index contributed by atoms with van der Waals surface area (Å²) in [6.07, 6.45) is 8.36. The molecular weight excluding hydrogens is 392 g/mol. The first kappa shape index (κ1) is 24.6. The molecule has 0 saturated heterocycles. The molecule has 0 amide bonds. The second kappa shape index (κ2) is 10.2. The van der Waals surface area contributed by atoms with Gasteiger partial charge in [0, 0.05) is 12.3 Å². The first-order valence-electron chi connectivity index (χ1n) is 12.5. The molecule has 32 heavy (non-hydrogen) atoms. The highest BCUT2D eigenvalue weighted by atomic mass is 16.6. The zero-order valence-electron chi connectivity index (χ0n) is 21.1.